The van der Waals surface area contributed by atoms with Gasteiger partial charge in [-0.05, 0) is 31.2 Å². The number of hydrogen-bond acceptors (Lipinski definition) is 5. The van der Waals surface area contributed by atoms with Crippen LogP contribution in [0.25, 0.3) is 0 Å². The van der Waals surface area contributed by atoms with E-state index in [1.165, 1.54) is 6.92 Å². The van der Waals surface area contributed by atoms with E-state index in [4.69, 9.17) is 14.2 Å². The third-order valence-corrected chi connectivity index (χ3v) is 3.47. The van der Waals surface area contributed by atoms with Crippen LogP contribution in [0.2, 0.25) is 0 Å². The molecule has 24 heavy (non-hydrogen) atoms. The molecular weight excluding hydrogens is 310 g/mol. The quantitative estimate of drug-likeness (QED) is 0.873. The molecule has 1 aliphatic rings. The maximum Gasteiger partial charge on any atom is 0.351 e. The SMILES string of the molecule is C[C@H](OC(=O)[C@H]1COc2ccccc2O1)C(=O)Nc1ccccc1. The number of ether oxygens (including phenoxy) is 3. The van der Waals surface area contributed by atoms with Gasteiger partial charge in [-0.2, -0.15) is 0 Å². The molecular formula is C18H17NO5. The van der Waals surface area contributed by atoms with Crippen LogP contribution >= 0.6 is 0 Å². The van der Waals surface area contributed by atoms with Gasteiger partial charge in [-0.25, -0.2) is 4.79 Å². The topological polar surface area (TPSA) is 73.9 Å². The molecule has 1 aliphatic heterocycles. The molecule has 0 aliphatic carbocycles. The number of rotatable bonds is 4. The lowest BCUT2D eigenvalue weighted by molar-refractivity contribution is -0.162. The molecule has 0 spiro atoms. The van der Waals surface area contributed by atoms with Crippen LogP contribution in [0.15, 0.2) is 54.6 Å². The second kappa shape index (κ2) is 7.04. The Hall–Kier alpha value is -3.02. The highest BCUT2D eigenvalue weighted by atomic mass is 16.6. The molecule has 0 fully saturated rings. The second-order valence-electron chi connectivity index (χ2n) is 5.30. The van der Waals surface area contributed by atoms with Crippen LogP contribution in [-0.2, 0) is 14.3 Å². The van der Waals surface area contributed by atoms with Crippen molar-refractivity contribution in [2.24, 2.45) is 0 Å². The number of nitrogens with one attached hydrogen (secondary N) is 1. The lowest BCUT2D eigenvalue weighted by atomic mass is 10.2. The monoisotopic (exact) mass is 327 g/mol. The summed E-state index contributed by atoms with van der Waals surface area (Å²) < 4.78 is 16.2. The minimum absolute atomic E-state index is 0.0445. The minimum Gasteiger partial charge on any atom is -0.485 e. The van der Waals surface area contributed by atoms with Crippen LogP contribution in [0, 0.1) is 0 Å². The molecule has 0 saturated heterocycles. The number of hydrogen-bond donors (Lipinski definition) is 1. The van der Waals surface area contributed by atoms with E-state index in [9.17, 15) is 9.59 Å². The zero-order chi connectivity index (χ0) is 16.9. The Kier molecular flexibility index (Phi) is 4.65. The van der Waals surface area contributed by atoms with Crippen molar-refractivity contribution in [3.05, 3.63) is 54.6 Å². The maximum atomic E-state index is 12.2. The first-order valence-electron chi connectivity index (χ1n) is 7.58. The van der Waals surface area contributed by atoms with Crippen molar-refractivity contribution in [3.63, 3.8) is 0 Å². The molecule has 1 N–H and O–H groups in total. The molecule has 1 heterocycles. The third kappa shape index (κ3) is 3.65. The van der Waals surface area contributed by atoms with Gasteiger partial charge < -0.3 is 19.5 Å². The Bertz CT molecular complexity index is 731. The highest BCUT2D eigenvalue weighted by molar-refractivity contribution is 5.95. The average molecular weight is 327 g/mol. The average Bonchev–Trinajstić information content (AvgIpc) is 2.62. The fraction of sp³-hybridized carbons (Fsp3) is 0.222. The predicted octanol–water partition coefficient (Wildman–Crippen LogP) is 2.40. The fourth-order valence-corrected chi connectivity index (χ4v) is 2.20. The van der Waals surface area contributed by atoms with Crippen molar-refractivity contribution in [1.82, 2.24) is 0 Å². The van der Waals surface area contributed by atoms with E-state index in [1.807, 2.05) is 12.1 Å². The minimum atomic E-state index is -0.946. The summed E-state index contributed by atoms with van der Waals surface area (Å²) >= 11 is 0. The highest BCUT2D eigenvalue weighted by Crippen LogP contribution is 2.31. The number of anilines is 1. The van der Waals surface area contributed by atoms with Crippen molar-refractivity contribution < 1.29 is 23.8 Å². The standard InChI is InChI=1S/C18H17NO5/c1-12(17(20)19-13-7-3-2-4-8-13)23-18(21)16-11-22-14-9-5-6-10-15(14)24-16/h2-10,12,16H,11H2,1H3,(H,19,20)/t12-,16+/m0/s1. The van der Waals surface area contributed by atoms with Gasteiger partial charge in [0.25, 0.3) is 5.91 Å². The molecule has 2 atom stereocenters. The van der Waals surface area contributed by atoms with Gasteiger partial charge >= 0.3 is 5.97 Å². The van der Waals surface area contributed by atoms with Crippen molar-refractivity contribution >= 4 is 17.6 Å². The summed E-state index contributed by atoms with van der Waals surface area (Å²) in [6.07, 6.45) is -1.84. The Labute approximate surface area is 139 Å². The first-order valence-corrected chi connectivity index (χ1v) is 7.58. The first kappa shape index (κ1) is 15.9. The van der Waals surface area contributed by atoms with E-state index in [-0.39, 0.29) is 6.61 Å². The fourth-order valence-electron chi connectivity index (χ4n) is 2.20. The van der Waals surface area contributed by atoms with Crippen LogP contribution in [0.1, 0.15) is 6.92 Å². The van der Waals surface area contributed by atoms with Crippen molar-refractivity contribution in [1.29, 1.82) is 0 Å². The van der Waals surface area contributed by atoms with E-state index in [1.54, 1.807) is 42.5 Å². The smallest absolute Gasteiger partial charge is 0.351 e. The number of amides is 1. The predicted molar refractivity (Wildman–Crippen MR) is 87.0 cm³/mol. The van der Waals surface area contributed by atoms with Gasteiger partial charge in [0.05, 0.1) is 0 Å². The zero-order valence-corrected chi connectivity index (χ0v) is 13.1. The van der Waals surface area contributed by atoms with Gasteiger partial charge in [0.15, 0.2) is 17.6 Å². The van der Waals surface area contributed by atoms with Crippen molar-refractivity contribution in [2.45, 2.75) is 19.1 Å². The molecule has 0 aromatic heterocycles. The summed E-state index contributed by atoms with van der Waals surface area (Å²) in [5.41, 5.74) is 0.636. The van der Waals surface area contributed by atoms with Crippen LogP contribution in [-0.4, -0.2) is 30.7 Å². The van der Waals surface area contributed by atoms with E-state index in [2.05, 4.69) is 5.32 Å². The lowest BCUT2D eigenvalue weighted by Gasteiger charge is -2.25. The Morgan fingerprint density at radius 2 is 1.75 bits per heavy atom. The van der Waals surface area contributed by atoms with Gasteiger partial charge in [-0.15, -0.1) is 0 Å². The molecule has 0 unspecified atom stereocenters. The Balaban J connectivity index is 1.56. The van der Waals surface area contributed by atoms with Gasteiger partial charge in [-0.3, -0.25) is 4.79 Å². The molecule has 0 bridgehead atoms. The number of para-hydroxylation sites is 3. The summed E-state index contributed by atoms with van der Waals surface area (Å²) in [5, 5.41) is 2.68. The maximum absolute atomic E-state index is 12.2. The van der Waals surface area contributed by atoms with E-state index in [0.29, 0.717) is 17.2 Å². The Morgan fingerprint density at radius 1 is 1.08 bits per heavy atom. The molecule has 2 aromatic carbocycles. The number of esters is 1. The molecule has 0 saturated carbocycles. The molecule has 6 heteroatoms. The Morgan fingerprint density at radius 3 is 2.50 bits per heavy atom. The first-order chi connectivity index (χ1) is 11.6. The van der Waals surface area contributed by atoms with Crippen LogP contribution in [0.5, 0.6) is 11.5 Å². The van der Waals surface area contributed by atoms with E-state index < -0.39 is 24.1 Å². The third-order valence-electron chi connectivity index (χ3n) is 3.47. The van der Waals surface area contributed by atoms with Crippen molar-refractivity contribution in [3.8, 4) is 11.5 Å². The summed E-state index contributed by atoms with van der Waals surface area (Å²) in [6.45, 7) is 1.55. The zero-order valence-electron chi connectivity index (χ0n) is 13.1. The van der Waals surface area contributed by atoms with Crippen LogP contribution in [0.4, 0.5) is 5.69 Å². The molecule has 3 rings (SSSR count). The van der Waals surface area contributed by atoms with Crippen molar-refractivity contribution in [2.75, 3.05) is 11.9 Å². The molecule has 2 aromatic rings. The summed E-state index contributed by atoms with van der Waals surface area (Å²) in [5.74, 6) is 0.00963. The number of benzene rings is 2. The van der Waals surface area contributed by atoms with Gasteiger partial charge in [0, 0.05) is 5.69 Å². The molecule has 0 radical (unpaired) electrons. The second-order valence-corrected chi connectivity index (χ2v) is 5.30. The highest BCUT2D eigenvalue weighted by Gasteiger charge is 2.31. The normalized spacial score (nSPS) is 16.8. The molecule has 124 valence electrons. The van der Waals surface area contributed by atoms with Gasteiger partial charge in [0.2, 0.25) is 6.10 Å². The summed E-state index contributed by atoms with van der Waals surface area (Å²) in [7, 11) is 0. The summed E-state index contributed by atoms with van der Waals surface area (Å²) in [6, 6.07) is 16.0. The van der Waals surface area contributed by atoms with Crippen LogP contribution < -0.4 is 14.8 Å². The molecule has 1 amide bonds. The lowest BCUT2D eigenvalue weighted by Crippen LogP contribution is -2.41. The van der Waals surface area contributed by atoms with Gasteiger partial charge in [0.1, 0.15) is 6.61 Å². The van der Waals surface area contributed by atoms with Gasteiger partial charge in [-0.1, -0.05) is 30.3 Å². The largest absolute Gasteiger partial charge is 0.485 e. The van der Waals surface area contributed by atoms with Crippen LogP contribution in [0.3, 0.4) is 0 Å². The summed E-state index contributed by atoms with van der Waals surface area (Å²) in [4.78, 5) is 24.2. The molecule has 6 nitrogen and oxygen atoms in total. The van der Waals surface area contributed by atoms with E-state index >= 15 is 0 Å². The number of carbonyl (C=O) groups is 2. The van der Waals surface area contributed by atoms with E-state index in [0.717, 1.165) is 0 Å². The number of carbonyl (C=O) groups excluding carboxylic acids is 2. The number of fused-ring (bicyclic) bond motifs is 1.